The summed E-state index contributed by atoms with van der Waals surface area (Å²) in [6, 6.07) is 9.49. The van der Waals surface area contributed by atoms with Gasteiger partial charge in [-0.1, -0.05) is 24.3 Å². The molecule has 1 aromatic carbocycles. The lowest BCUT2D eigenvalue weighted by Gasteiger charge is -2.35. The van der Waals surface area contributed by atoms with Crippen LogP contribution in [0.1, 0.15) is 36.8 Å². The fourth-order valence-corrected chi connectivity index (χ4v) is 3.88. The molecule has 0 bridgehead atoms. The molecule has 0 amide bonds. The van der Waals surface area contributed by atoms with Gasteiger partial charge in [0.2, 0.25) is 0 Å². The average molecular weight is 288 g/mol. The molecule has 0 aromatic heterocycles. The molecular weight excluding hydrogens is 260 g/mol. The van der Waals surface area contributed by atoms with Gasteiger partial charge in [-0.05, 0) is 62.4 Å². The Balaban J connectivity index is 1.53. The minimum absolute atomic E-state index is 0.721. The first-order valence-corrected chi connectivity index (χ1v) is 8.38. The largest absolute Gasteiger partial charge is 0.380 e. The van der Waals surface area contributed by atoms with Crippen molar-refractivity contribution in [1.29, 1.82) is 0 Å². The van der Waals surface area contributed by atoms with Crippen molar-refractivity contribution in [3.8, 4) is 0 Å². The molecule has 0 saturated carbocycles. The maximum Gasteiger partial charge on any atom is 0.0716 e. The van der Waals surface area contributed by atoms with Crippen LogP contribution in [0.5, 0.6) is 0 Å². The summed E-state index contributed by atoms with van der Waals surface area (Å²) in [5.74, 6) is 0.901. The normalized spacial score (nSPS) is 24.5. The molecule has 2 heterocycles. The average Bonchev–Trinajstić information content (AvgIpc) is 3.05. The summed E-state index contributed by atoms with van der Waals surface area (Å²) < 4.78 is 5.32. The first-order chi connectivity index (χ1) is 10.4. The van der Waals surface area contributed by atoms with E-state index in [0.29, 0.717) is 0 Å². The second-order valence-corrected chi connectivity index (χ2v) is 6.52. The van der Waals surface area contributed by atoms with Crippen LogP contribution in [0, 0.1) is 5.92 Å². The highest BCUT2D eigenvalue weighted by Gasteiger charge is 2.28. The summed E-state index contributed by atoms with van der Waals surface area (Å²) in [6.45, 7) is 5.51. The van der Waals surface area contributed by atoms with E-state index in [0.717, 1.165) is 25.1 Å². The van der Waals surface area contributed by atoms with Crippen molar-refractivity contribution in [1.82, 2.24) is 10.2 Å². The smallest absolute Gasteiger partial charge is 0.0716 e. The van der Waals surface area contributed by atoms with Crippen molar-refractivity contribution in [2.45, 2.75) is 44.9 Å². The van der Waals surface area contributed by atoms with E-state index in [1.807, 2.05) is 0 Å². The van der Waals surface area contributed by atoms with E-state index < -0.39 is 0 Å². The lowest BCUT2D eigenvalue weighted by atomic mass is 9.88. The van der Waals surface area contributed by atoms with Crippen LogP contribution in [0.3, 0.4) is 0 Å². The zero-order valence-electron chi connectivity index (χ0n) is 13.2. The molecule has 1 N–H and O–H groups in total. The Morgan fingerprint density at radius 1 is 1.14 bits per heavy atom. The number of nitrogens with one attached hydrogen (secondary N) is 1. The number of hydrogen-bond donors (Lipinski definition) is 1. The lowest BCUT2D eigenvalue weighted by Crippen LogP contribution is -2.40. The number of ether oxygens (including phenoxy) is 1. The minimum atomic E-state index is 0.721. The molecule has 0 radical (unpaired) electrons. The quantitative estimate of drug-likeness (QED) is 0.901. The van der Waals surface area contributed by atoms with E-state index >= 15 is 0 Å². The van der Waals surface area contributed by atoms with Crippen LogP contribution in [0.2, 0.25) is 0 Å². The number of methoxy groups -OCH3 is 1. The highest BCUT2D eigenvalue weighted by atomic mass is 16.5. The van der Waals surface area contributed by atoms with Crippen molar-refractivity contribution >= 4 is 0 Å². The first kappa shape index (κ1) is 15.0. The van der Waals surface area contributed by atoms with Crippen LogP contribution in [-0.4, -0.2) is 37.7 Å². The lowest BCUT2D eigenvalue weighted by molar-refractivity contribution is 0.153. The van der Waals surface area contributed by atoms with E-state index in [2.05, 4.69) is 34.5 Å². The molecule has 3 heteroatoms. The van der Waals surface area contributed by atoms with E-state index in [4.69, 9.17) is 4.74 Å². The van der Waals surface area contributed by atoms with Crippen molar-refractivity contribution in [2.24, 2.45) is 5.92 Å². The van der Waals surface area contributed by atoms with Crippen molar-refractivity contribution in [3.63, 3.8) is 0 Å². The predicted octanol–water partition coefficient (Wildman–Crippen LogP) is 2.80. The molecular formula is C18H28N2O. The Hall–Kier alpha value is -0.900. The number of nitrogens with zero attached hydrogens (tertiary/aromatic N) is 1. The van der Waals surface area contributed by atoms with Crippen molar-refractivity contribution < 1.29 is 4.74 Å². The topological polar surface area (TPSA) is 24.5 Å². The van der Waals surface area contributed by atoms with E-state index in [-0.39, 0.29) is 0 Å². The summed E-state index contributed by atoms with van der Waals surface area (Å²) in [5, 5.41) is 3.68. The zero-order chi connectivity index (χ0) is 14.5. The van der Waals surface area contributed by atoms with Crippen LogP contribution < -0.4 is 5.32 Å². The van der Waals surface area contributed by atoms with E-state index in [9.17, 15) is 0 Å². The Morgan fingerprint density at radius 2 is 1.90 bits per heavy atom. The van der Waals surface area contributed by atoms with Gasteiger partial charge in [0.1, 0.15) is 0 Å². The van der Waals surface area contributed by atoms with Crippen LogP contribution in [0.15, 0.2) is 24.3 Å². The maximum absolute atomic E-state index is 5.32. The third kappa shape index (κ3) is 3.85. The molecule has 3 rings (SSSR count). The van der Waals surface area contributed by atoms with Crippen molar-refractivity contribution in [3.05, 3.63) is 35.4 Å². The summed E-state index contributed by atoms with van der Waals surface area (Å²) in [5.41, 5.74) is 2.76. The number of piperidine rings is 1. The summed E-state index contributed by atoms with van der Waals surface area (Å²) >= 11 is 0. The van der Waals surface area contributed by atoms with Crippen molar-refractivity contribution in [2.75, 3.05) is 26.7 Å². The third-order valence-electron chi connectivity index (χ3n) is 5.11. The fraction of sp³-hybridized carbons (Fsp3) is 0.667. The minimum Gasteiger partial charge on any atom is -0.380 e. The molecule has 3 nitrogen and oxygen atoms in total. The van der Waals surface area contributed by atoms with Crippen LogP contribution in [0.25, 0.3) is 0 Å². The number of hydrogen-bond acceptors (Lipinski definition) is 3. The number of likely N-dealkylation sites (tertiary alicyclic amines) is 1. The van der Waals surface area contributed by atoms with Crippen LogP contribution >= 0.6 is 0 Å². The highest BCUT2D eigenvalue weighted by molar-refractivity contribution is 5.26. The van der Waals surface area contributed by atoms with Gasteiger partial charge in [-0.15, -0.1) is 0 Å². The predicted molar refractivity (Wildman–Crippen MR) is 86.2 cm³/mol. The van der Waals surface area contributed by atoms with Gasteiger partial charge in [0.05, 0.1) is 6.61 Å². The Bertz CT molecular complexity index is 435. The second kappa shape index (κ2) is 7.39. The summed E-state index contributed by atoms with van der Waals surface area (Å²) in [4.78, 5) is 2.61. The van der Waals surface area contributed by atoms with Crippen LogP contribution in [0.4, 0.5) is 0 Å². The van der Waals surface area contributed by atoms with E-state index in [1.54, 1.807) is 7.11 Å². The molecule has 116 valence electrons. The molecule has 2 saturated heterocycles. The molecule has 1 aromatic rings. The molecule has 0 aliphatic carbocycles. The SMILES string of the molecule is COCc1ccccc1CN1CCC(C2CCCN2)CC1. The Labute approximate surface area is 128 Å². The Kier molecular flexibility index (Phi) is 5.28. The summed E-state index contributed by atoms with van der Waals surface area (Å²) in [7, 11) is 1.77. The fourth-order valence-electron chi connectivity index (χ4n) is 3.88. The standard InChI is InChI=1S/C18H28N2O/c1-21-14-17-6-3-2-5-16(17)13-20-11-8-15(9-12-20)18-7-4-10-19-18/h2-3,5-6,15,18-19H,4,7-14H2,1H3. The van der Waals surface area contributed by atoms with Gasteiger partial charge in [0, 0.05) is 19.7 Å². The van der Waals surface area contributed by atoms with Crippen LogP contribution in [-0.2, 0) is 17.9 Å². The van der Waals surface area contributed by atoms with Gasteiger partial charge in [-0.3, -0.25) is 4.90 Å². The van der Waals surface area contributed by atoms with Gasteiger partial charge >= 0.3 is 0 Å². The zero-order valence-corrected chi connectivity index (χ0v) is 13.2. The van der Waals surface area contributed by atoms with Gasteiger partial charge in [-0.25, -0.2) is 0 Å². The molecule has 1 atom stereocenters. The first-order valence-electron chi connectivity index (χ1n) is 8.38. The molecule has 2 aliphatic rings. The molecule has 21 heavy (non-hydrogen) atoms. The molecule has 2 fully saturated rings. The molecule has 0 spiro atoms. The number of benzene rings is 1. The maximum atomic E-state index is 5.32. The molecule has 2 aliphatic heterocycles. The highest BCUT2D eigenvalue weighted by Crippen LogP contribution is 2.26. The van der Waals surface area contributed by atoms with Gasteiger partial charge in [0.15, 0.2) is 0 Å². The van der Waals surface area contributed by atoms with E-state index in [1.165, 1.54) is 56.4 Å². The molecule has 1 unspecified atom stereocenters. The number of rotatable bonds is 5. The Morgan fingerprint density at radius 3 is 2.57 bits per heavy atom. The summed E-state index contributed by atoms with van der Waals surface area (Å²) in [6.07, 6.45) is 5.46. The van der Waals surface area contributed by atoms with Gasteiger partial charge in [-0.2, -0.15) is 0 Å². The third-order valence-corrected chi connectivity index (χ3v) is 5.11. The van der Waals surface area contributed by atoms with Gasteiger partial charge in [0.25, 0.3) is 0 Å². The second-order valence-electron chi connectivity index (χ2n) is 6.52. The monoisotopic (exact) mass is 288 g/mol. The van der Waals surface area contributed by atoms with Gasteiger partial charge < -0.3 is 10.1 Å².